The zero-order valence-electron chi connectivity index (χ0n) is 10.8. The quantitative estimate of drug-likeness (QED) is 0.622. The fourth-order valence-corrected chi connectivity index (χ4v) is 2.18. The van der Waals surface area contributed by atoms with Crippen LogP contribution in [0.4, 0.5) is 0 Å². The van der Waals surface area contributed by atoms with Crippen LogP contribution in [0.3, 0.4) is 0 Å². The first-order chi connectivity index (χ1) is 7.22. The predicted molar refractivity (Wildman–Crippen MR) is 67.2 cm³/mol. The molecule has 15 heavy (non-hydrogen) atoms. The largest absolute Gasteiger partial charge is 0.317 e. The number of nitrogens with zero attached hydrogens (tertiary/aromatic N) is 1. The molecule has 1 N–H and O–H groups in total. The van der Waals surface area contributed by atoms with E-state index in [9.17, 15) is 0 Å². The standard InChI is InChI=1S/C13H28N2/c1-12(14-2)7-4-5-10-15(3)11-13-8-6-9-13/h12-14H,4-11H2,1-3H3. The highest BCUT2D eigenvalue weighted by molar-refractivity contribution is 4.72. The lowest BCUT2D eigenvalue weighted by atomic mass is 9.85. The van der Waals surface area contributed by atoms with Crippen molar-refractivity contribution in [3.8, 4) is 0 Å². The van der Waals surface area contributed by atoms with Gasteiger partial charge in [-0.3, -0.25) is 0 Å². The summed E-state index contributed by atoms with van der Waals surface area (Å²) in [5, 5.41) is 3.29. The van der Waals surface area contributed by atoms with Crippen molar-refractivity contribution in [2.24, 2.45) is 5.92 Å². The third-order valence-electron chi connectivity index (χ3n) is 3.71. The monoisotopic (exact) mass is 212 g/mol. The Kier molecular flexibility index (Phi) is 6.26. The van der Waals surface area contributed by atoms with Crippen molar-refractivity contribution in [2.75, 3.05) is 27.2 Å². The molecule has 2 heteroatoms. The second-order valence-corrected chi connectivity index (χ2v) is 5.24. The molecule has 0 aromatic heterocycles. The Labute approximate surface area is 95.4 Å². The van der Waals surface area contributed by atoms with Crippen LogP contribution >= 0.6 is 0 Å². The van der Waals surface area contributed by atoms with Crippen LogP contribution in [-0.4, -0.2) is 38.1 Å². The summed E-state index contributed by atoms with van der Waals surface area (Å²) in [5.41, 5.74) is 0. The molecule has 0 bridgehead atoms. The Balaban J connectivity index is 1.89. The van der Waals surface area contributed by atoms with Crippen LogP contribution < -0.4 is 5.32 Å². The van der Waals surface area contributed by atoms with Gasteiger partial charge in [0, 0.05) is 12.6 Å². The molecule has 1 atom stereocenters. The third-order valence-corrected chi connectivity index (χ3v) is 3.71. The summed E-state index contributed by atoms with van der Waals surface area (Å²) in [4.78, 5) is 2.52. The minimum Gasteiger partial charge on any atom is -0.317 e. The van der Waals surface area contributed by atoms with E-state index in [-0.39, 0.29) is 0 Å². The first kappa shape index (κ1) is 13.0. The smallest absolute Gasteiger partial charge is 0.00357 e. The van der Waals surface area contributed by atoms with Crippen LogP contribution in [0.5, 0.6) is 0 Å². The molecule has 1 aliphatic rings. The van der Waals surface area contributed by atoms with Gasteiger partial charge < -0.3 is 10.2 Å². The van der Waals surface area contributed by atoms with E-state index >= 15 is 0 Å². The second kappa shape index (κ2) is 7.24. The number of hydrogen-bond acceptors (Lipinski definition) is 2. The van der Waals surface area contributed by atoms with Gasteiger partial charge in [0.25, 0.3) is 0 Å². The zero-order chi connectivity index (χ0) is 11.1. The van der Waals surface area contributed by atoms with Crippen LogP contribution in [0.15, 0.2) is 0 Å². The Hall–Kier alpha value is -0.0800. The number of unbranched alkanes of at least 4 members (excludes halogenated alkanes) is 1. The van der Waals surface area contributed by atoms with E-state index < -0.39 is 0 Å². The molecule has 2 nitrogen and oxygen atoms in total. The first-order valence-corrected chi connectivity index (χ1v) is 6.58. The Bertz CT molecular complexity index is 155. The topological polar surface area (TPSA) is 15.3 Å². The lowest BCUT2D eigenvalue weighted by molar-refractivity contribution is 0.202. The van der Waals surface area contributed by atoms with Crippen LogP contribution in [0, 0.1) is 5.92 Å². The van der Waals surface area contributed by atoms with E-state index in [0.717, 1.165) is 5.92 Å². The molecule has 1 unspecified atom stereocenters. The van der Waals surface area contributed by atoms with Crippen molar-refractivity contribution in [3.63, 3.8) is 0 Å². The molecule has 1 fully saturated rings. The highest BCUT2D eigenvalue weighted by Gasteiger charge is 2.18. The fourth-order valence-electron chi connectivity index (χ4n) is 2.18. The van der Waals surface area contributed by atoms with Crippen LogP contribution in [0.1, 0.15) is 45.4 Å². The summed E-state index contributed by atoms with van der Waals surface area (Å²) in [5.74, 6) is 1.02. The molecular formula is C13H28N2. The summed E-state index contributed by atoms with van der Waals surface area (Å²) in [6, 6.07) is 0.682. The van der Waals surface area contributed by atoms with E-state index in [1.54, 1.807) is 0 Å². The predicted octanol–water partition coefficient (Wildman–Crippen LogP) is 2.50. The number of rotatable bonds is 8. The maximum atomic E-state index is 3.29. The molecule has 0 heterocycles. The first-order valence-electron chi connectivity index (χ1n) is 6.58. The molecule has 1 aliphatic carbocycles. The summed E-state index contributed by atoms with van der Waals surface area (Å²) >= 11 is 0. The van der Waals surface area contributed by atoms with Gasteiger partial charge in [-0.2, -0.15) is 0 Å². The lowest BCUT2D eigenvalue weighted by Gasteiger charge is -2.30. The molecule has 90 valence electrons. The van der Waals surface area contributed by atoms with Gasteiger partial charge in [-0.15, -0.1) is 0 Å². The second-order valence-electron chi connectivity index (χ2n) is 5.24. The molecule has 0 spiro atoms. The molecule has 0 saturated heterocycles. The average molecular weight is 212 g/mol. The molecule has 1 saturated carbocycles. The maximum Gasteiger partial charge on any atom is 0.00357 e. The van der Waals surface area contributed by atoms with Crippen molar-refractivity contribution < 1.29 is 0 Å². The molecule has 0 aromatic carbocycles. The Morgan fingerprint density at radius 2 is 2.07 bits per heavy atom. The van der Waals surface area contributed by atoms with E-state index in [2.05, 4.69) is 24.2 Å². The maximum absolute atomic E-state index is 3.29. The van der Waals surface area contributed by atoms with Gasteiger partial charge in [0.1, 0.15) is 0 Å². The summed E-state index contributed by atoms with van der Waals surface area (Å²) < 4.78 is 0. The number of hydrogen-bond donors (Lipinski definition) is 1. The summed E-state index contributed by atoms with van der Waals surface area (Å²) in [7, 11) is 4.33. The molecule has 0 amide bonds. The Morgan fingerprint density at radius 1 is 1.33 bits per heavy atom. The fraction of sp³-hybridized carbons (Fsp3) is 1.00. The van der Waals surface area contributed by atoms with Gasteiger partial charge in [0.05, 0.1) is 0 Å². The highest BCUT2D eigenvalue weighted by atomic mass is 15.1. The van der Waals surface area contributed by atoms with E-state index in [1.165, 1.54) is 51.6 Å². The van der Waals surface area contributed by atoms with Crippen LogP contribution in [0.2, 0.25) is 0 Å². The molecule has 0 aromatic rings. The van der Waals surface area contributed by atoms with Gasteiger partial charge in [0.15, 0.2) is 0 Å². The minimum atomic E-state index is 0.682. The van der Waals surface area contributed by atoms with Crippen molar-refractivity contribution in [1.82, 2.24) is 10.2 Å². The SMILES string of the molecule is CNC(C)CCCCN(C)CC1CCC1. The van der Waals surface area contributed by atoms with Crippen molar-refractivity contribution in [2.45, 2.75) is 51.5 Å². The zero-order valence-corrected chi connectivity index (χ0v) is 10.8. The molecule has 1 rings (SSSR count). The summed E-state index contributed by atoms with van der Waals surface area (Å²) in [6.07, 6.45) is 8.44. The molecule has 0 aliphatic heterocycles. The third kappa shape index (κ3) is 5.53. The Morgan fingerprint density at radius 3 is 2.60 bits per heavy atom. The minimum absolute atomic E-state index is 0.682. The van der Waals surface area contributed by atoms with Gasteiger partial charge in [-0.25, -0.2) is 0 Å². The molecular weight excluding hydrogens is 184 g/mol. The van der Waals surface area contributed by atoms with E-state index in [4.69, 9.17) is 0 Å². The van der Waals surface area contributed by atoms with Crippen molar-refractivity contribution >= 4 is 0 Å². The van der Waals surface area contributed by atoms with Gasteiger partial charge in [-0.1, -0.05) is 12.8 Å². The average Bonchev–Trinajstić information content (AvgIpc) is 2.18. The summed E-state index contributed by atoms with van der Waals surface area (Å²) in [6.45, 7) is 4.88. The number of nitrogens with one attached hydrogen (secondary N) is 1. The van der Waals surface area contributed by atoms with Gasteiger partial charge in [0.2, 0.25) is 0 Å². The van der Waals surface area contributed by atoms with E-state index in [1.807, 2.05) is 7.05 Å². The van der Waals surface area contributed by atoms with Crippen LogP contribution in [0.25, 0.3) is 0 Å². The highest BCUT2D eigenvalue weighted by Crippen LogP contribution is 2.26. The van der Waals surface area contributed by atoms with Gasteiger partial charge in [-0.05, 0) is 59.2 Å². The van der Waals surface area contributed by atoms with Crippen molar-refractivity contribution in [1.29, 1.82) is 0 Å². The lowest BCUT2D eigenvalue weighted by Crippen LogP contribution is -2.30. The van der Waals surface area contributed by atoms with Crippen LogP contribution in [-0.2, 0) is 0 Å². The van der Waals surface area contributed by atoms with Gasteiger partial charge >= 0.3 is 0 Å². The normalized spacial score (nSPS) is 19.2. The molecule has 0 radical (unpaired) electrons. The van der Waals surface area contributed by atoms with E-state index in [0.29, 0.717) is 6.04 Å². The van der Waals surface area contributed by atoms with Crippen molar-refractivity contribution in [3.05, 3.63) is 0 Å².